The van der Waals surface area contributed by atoms with E-state index in [1.807, 2.05) is 48.5 Å². The Morgan fingerprint density at radius 2 is 1.72 bits per heavy atom. The Morgan fingerprint density at radius 3 is 2.31 bits per heavy atom. The summed E-state index contributed by atoms with van der Waals surface area (Å²) in [7, 11) is 0. The Morgan fingerprint density at radius 1 is 1.10 bits per heavy atom. The second-order valence-electron chi connectivity index (χ2n) is 7.82. The molecule has 1 aliphatic heterocycles. The van der Waals surface area contributed by atoms with Gasteiger partial charge in [-0.05, 0) is 79.2 Å². The van der Waals surface area contributed by atoms with Crippen molar-refractivity contribution < 1.29 is 14.3 Å². The molecule has 1 atom stereocenters. The molecular formula is C22H24Cl2N2O3. The first-order valence-corrected chi connectivity index (χ1v) is 10.6. The molecule has 1 saturated carbocycles. The number of hydrogen-bond donors (Lipinski definition) is 1. The summed E-state index contributed by atoms with van der Waals surface area (Å²) in [4.78, 5) is 12.3. The summed E-state index contributed by atoms with van der Waals surface area (Å²) in [5.74, 6) is 2.51. The molecule has 1 saturated heterocycles. The van der Waals surface area contributed by atoms with Gasteiger partial charge in [0.1, 0.15) is 22.6 Å². The topological polar surface area (TPSA) is 50.8 Å². The summed E-state index contributed by atoms with van der Waals surface area (Å²) in [5.41, 5.74) is 1.86. The SMILES string of the molecule is CC(Cl)(NC(=O)Cl)c1ccc(N2CC(Oc3ccc(OCC4CC4)cc3)C2)cc1. The highest BCUT2D eigenvalue weighted by Crippen LogP contribution is 2.31. The number of ether oxygens (including phenoxy) is 2. The van der Waals surface area contributed by atoms with Gasteiger partial charge in [-0.15, -0.1) is 0 Å². The van der Waals surface area contributed by atoms with Crippen molar-refractivity contribution in [2.24, 2.45) is 5.92 Å². The maximum absolute atomic E-state index is 11.1. The van der Waals surface area contributed by atoms with E-state index in [4.69, 9.17) is 32.7 Å². The Balaban J connectivity index is 1.25. The lowest BCUT2D eigenvalue weighted by Crippen LogP contribution is -2.54. The highest BCUT2D eigenvalue weighted by atomic mass is 35.5. The molecule has 1 aliphatic carbocycles. The van der Waals surface area contributed by atoms with Crippen molar-refractivity contribution in [2.75, 3.05) is 24.6 Å². The summed E-state index contributed by atoms with van der Waals surface area (Å²) < 4.78 is 11.8. The number of alkyl halides is 1. The monoisotopic (exact) mass is 434 g/mol. The van der Waals surface area contributed by atoms with E-state index < -0.39 is 10.4 Å². The predicted molar refractivity (Wildman–Crippen MR) is 115 cm³/mol. The number of amides is 1. The van der Waals surface area contributed by atoms with E-state index in [2.05, 4.69) is 10.2 Å². The number of nitrogens with zero attached hydrogens (tertiary/aromatic N) is 1. The molecule has 2 aromatic rings. The van der Waals surface area contributed by atoms with Crippen LogP contribution in [0.5, 0.6) is 11.5 Å². The van der Waals surface area contributed by atoms with E-state index in [1.165, 1.54) is 12.8 Å². The van der Waals surface area contributed by atoms with Crippen molar-refractivity contribution in [1.82, 2.24) is 5.32 Å². The average molecular weight is 435 g/mol. The molecule has 29 heavy (non-hydrogen) atoms. The first-order valence-electron chi connectivity index (χ1n) is 9.80. The Labute approximate surface area is 180 Å². The smallest absolute Gasteiger partial charge is 0.315 e. The zero-order valence-corrected chi connectivity index (χ0v) is 17.7. The molecule has 0 bridgehead atoms. The van der Waals surface area contributed by atoms with Gasteiger partial charge in [0.25, 0.3) is 0 Å². The van der Waals surface area contributed by atoms with Crippen LogP contribution in [0.4, 0.5) is 10.5 Å². The number of anilines is 1. The zero-order chi connectivity index (χ0) is 20.4. The molecule has 0 radical (unpaired) electrons. The van der Waals surface area contributed by atoms with Gasteiger partial charge in [-0.25, -0.2) is 0 Å². The third-order valence-electron chi connectivity index (χ3n) is 5.26. The van der Waals surface area contributed by atoms with E-state index in [0.717, 1.165) is 48.4 Å². The van der Waals surface area contributed by atoms with Crippen molar-refractivity contribution in [1.29, 1.82) is 0 Å². The molecule has 4 rings (SSSR count). The molecule has 2 aliphatic rings. The number of hydrogen-bond acceptors (Lipinski definition) is 4. The highest BCUT2D eigenvalue weighted by Gasteiger charge is 2.30. The maximum Gasteiger partial charge on any atom is 0.315 e. The lowest BCUT2D eigenvalue weighted by atomic mass is 10.1. The third-order valence-corrected chi connectivity index (χ3v) is 5.67. The standard InChI is InChI=1S/C22H24Cl2N2O3/c1-22(24,25-21(23)27)16-4-6-17(7-5-16)26-12-20(13-26)29-19-10-8-18(9-11-19)28-14-15-2-3-15/h4-11,15,20H,2-3,12-14H2,1H3,(H,25,27). The van der Waals surface area contributed by atoms with Gasteiger partial charge in [0, 0.05) is 5.69 Å². The van der Waals surface area contributed by atoms with Crippen molar-refractivity contribution >= 4 is 34.3 Å². The summed E-state index contributed by atoms with van der Waals surface area (Å²) in [6, 6.07) is 15.6. The molecule has 154 valence electrons. The van der Waals surface area contributed by atoms with E-state index >= 15 is 0 Å². The van der Waals surface area contributed by atoms with Crippen LogP contribution >= 0.6 is 23.2 Å². The highest BCUT2D eigenvalue weighted by molar-refractivity contribution is 6.63. The van der Waals surface area contributed by atoms with Crippen LogP contribution in [0.25, 0.3) is 0 Å². The van der Waals surface area contributed by atoms with E-state index in [9.17, 15) is 4.79 Å². The summed E-state index contributed by atoms with van der Waals surface area (Å²) >= 11 is 11.7. The van der Waals surface area contributed by atoms with Crippen LogP contribution in [0.15, 0.2) is 48.5 Å². The first kappa shape index (κ1) is 20.2. The number of carbonyl (C=O) groups excluding carboxylic acids is 1. The number of carbonyl (C=O) groups is 1. The van der Waals surface area contributed by atoms with Crippen molar-refractivity contribution in [3.63, 3.8) is 0 Å². The molecule has 0 spiro atoms. The summed E-state index contributed by atoms with van der Waals surface area (Å²) in [6.07, 6.45) is 2.73. The minimum absolute atomic E-state index is 0.154. The predicted octanol–water partition coefficient (Wildman–Crippen LogP) is 5.10. The fraction of sp³-hybridized carbons (Fsp3) is 0.409. The van der Waals surface area contributed by atoms with Crippen LogP contribution < -0.4 is 19.7 Å². The van der Waals surface area contributed by atoms with Crippen LogP contribution in [-0.4, -0.2) is 31.2 Å². The molecule has 7 heteroatoms. The van der Waals surface area contributed by atoms with Crippen LogP contribution in [0.1, 0.15) is 25.3 Å². The zero-order valence-electron chi connectivity index (χ0n) is 16.2. The number of benzene rings is 2. The van der Waals surface area contributed by atoms with Crippen LogP contribution in [0.3, 0.4) is 0 Å². The minimum Gasteiger partial charge on any atom is -0.493 e. The van der Waals surface area contributed by atoms with Gasteiger partial charge < -0.3 is 19.7 Å². The van der Waals surface area contributed by atoms with Crippen LogP contribution in [0.2, 0.25) is 0 Å². The molecule has 5 nitrogen and oxygen atoms in total. The number of rotatable bonds is 8. The maximum atomic E-state index is 11.1. The average Bonchev–Trinajstić information content (AvgIpc) is 3.47. The van der Waals surface area contributed by atoms with Gasteiger partial charge in [0.2, 0.25) is 0 Å². The first-order chi connectivity index (χ1) is 13.9. The van der Waals surface area contributed by atoms with Gasteiger partial charge >= 0.3 is 5.37 Å². The summed E-state index contributed by atoms with van der Waals surface area (Å²) in [6.45, 7) is 4.14. The van der Waals surface area contributed by atoms with Gasteiger partial charge in [-0.2, -0.15) is 0 Å². The van der Waals surface area contributed by atoms with Crippen LogP contribution in [0, 0.1) is 5.92 Å². The molecule has 2 fully saturated rings. The molecule has 1 amide bonds. The third kappa shape index (κ3) is 5.28. The summed E-state index contributed by atoms with van der Waals surface area (Å²) in [5, 5.41) is 1.83. The van der Waals surface area contributed by atoms with Gasteiger partial charge in [-0.1, -0.05) is 23.7 Å². The molecule has 1 N–H and O–H groups in total. The quantitative estimate of drug-likeness (QED) is 0.356. The normalized spacial score (nSPS) is 18.5. The van der Waals surface area contributed by atoms with Crippen molar-refractivity contribution in [3.8, 4) is 11.5 Å². The van der Waals surface area contributed by atoms with Gasteiger partial charge in [0.05, 0.1) is 19.7 Å². The largest absolute Gasteiger partial charge is 0.493 e. The van der Waals surface area contributed by atoms with Crippen molar-refractivity contribution in [3.05, 3.63) is 54.1 Å². The lowest BCUT2D eigenvalue weighted by molar-refractivity contribution is 0.167. The second kappa shape index (κ2) is 8.33. The molecular weight excluding hydrogens is 411 g/mol. The second-order valence-corrected chi connectivity index (χ2v) is 8.92. The lowest BCUT2D eigenvalue weighted by Gasteiger charge is -2.41. The molecule has 2 aromatic carbocycles. The van der Waals surface area contributed by atoms with E-state index in [-0.39, 0.29) is 6.10 Å². The molecule has 0 aromatic heterocycles. The Bertz CT molecular complexity index is 845. The van der Waals surface area contributed by atoms with Crippen molar-refractivity contribution in [2.45, 2.75) is 30.9 Å². The van der Waals surface area contributed by atoms with Crippen LogP contribution in [-0.2, 0) is 5.00 Å². The minimum atomic E-state index is -1.04. The van der Waals surface area contributed by atoms with E-state index in [1.54, 1.807) is 6.92 Å². The van der Waals surface area contributed by atoms with Gasteiger partial charge in [0.15, 0.2) is 0 Å². The molecule has 1 unspecified atom stereocenters. The van der Waals surface area contributed by atoms with E-state index in [0.29, 0.717) is 0 Å². The number of halogens is 2. The number of nitrogens with one attached hydrogen (secondary N) is 1. The molecule has 1 heterocycles. The van der Waals surface area contributed by atoms with Gasteiger partial charge in [-0.3, -0.25) is 4.79 Å². The fourth-order valence-corrected chi connectivity index (χ4v) is 3.72. The Kier molecular flexibility index (Phi) is 5.79. The fourth-order valence-electron chi connectivity index (χ4n) is 3.27. The Hall–Kier alpha value is -2.11.